The lowest BCUT2D eigenvalue weighted by Crippen LogP contribution is -2.45. The number of hydrogen-bond donors (Lipinski definition) is 1. The van der Waals surface area contributed by atoms with Crippen molar-refractivity contribution in [3.05, 3.63) is 47.8 Å². The molecule has 1 aliphatic heterocycles. The summed E-state index contributed by atoms with van der Waals surface area (Å²) >= 11 is 0. The molecule has 27 heavy (non-hydrogen) atoms. The number of hydrogen-bond acceptors (Lipinski definition) is 6. The number of pyridine rings is 1. The summed E-state index contributed by atoms with van der Waals surface area (Å²) in [6.07, 6.45) is 1.90. The van der Waals surface area contributed by atoms with E-state index in [1.54, 1.807) is 6.07 Å². The van der Waals surface area contributed by atoms with E-state index in [0.29, 0.717) is 17.0 Å². The van der Waals surface area contributed by atoms with E-state index in [1.165, 1.54) is 6.20 Å². The molecule has 140 valence electrons. The molecule has 2 unspecified atom stereocenters. The average Bonchev–Trinajstić information content (AvgIpc) is 3.02. The number of ether oxygens (including phenoxy) is 1. The lowest BCUT2D eigenvalue weighted by Gasteiger charge is -2.36. The zero-order valence-electron chi connectivity index (χ0n) is 15.6. The normalized spacial score (nSPS) is 20.0. The summed E-state index contributed by atoms with van der Waals surface area (Å²) in [6, 6.07) is 9.61. The van der Waals surface area contributed by atoms with E-state index in [-0.39, 0.29) is 18.1 Å². The van der Waals surface area contributed by atoms with Crippen molar-refractivity contribution in [3.8, 4) is 0 Å². The van der Waals surface area contributed by atoms with Crippen molar-refractivity contribution in [2.24, 2.45) is 0 Å². The Bertz CT molecular complexity index is 957. The van der Waals surface area contributed by atoms with Crippen LogP contribution in [0.25, 0.3) is 11.1 Å². The zero-order valence-corrected chi connectivity index (χ0v) is 15.6. The molecule has 7 heteroatoms. The van der Waals surface area contributed by atoms with Crippen molar-refractivity contribution in [1.82, 2.24) is 10.1 Å². The Kier molecular flexibility index (Phi) is 4.53. The first-order chi connectivity index (χ1) is 13.0. The minimum Gasteiger partial charge on any atom is -0.372 e. The molecule has 0 aliphatic carbocycles. The molecule has 3 heterocycles. The molecule has 2 aromatic heterocycles. The fourth-order valence-corrected chi connectivity index (χ4v) is 3.42. The first-order valence-corrected chi connectivity index (χ1v) is 9.03. The van der Waals surface area contributed by atoms with Crippen LogP contribution in [0.3, 0.4) is 0 Å². The largest absolute Gasteiger partial charge is 0.372 e. The summed E-state index contributed by atoms with van der Waals surface area (Å²) in [5.74, 6) is -0.216. The SMILES string of the molecule is Cc1noc2ncc(C(=O)Nc3ccc(N4CC(C)OC(C)C4)cc3)cc12. The van der Waals surface area contributed by atoms with E-state index >= 15 is 0 Å². The highest BCUT2D eigenvalue weighted by Crippen LogP contribution is 2.23. The maximum atomic E-state index is 12.5. The Hall–Kier alpha value is -2.93. The van der Waals surface area contributed by atoms with Crippen molar-refractivity contribution in [3.63, 3.8) is 0 Å². The Morgan fingerprint density at radius 2 is 1.89 bits per heavy atom. The summed E-state index contributed by atoms with van der Waals surface area (Å²) < 4.78 is 10.9. The summed E-state index contributed by atoms with van der Waals surface area (Å²) in [4.78, 5) is 19.0. The van der Waals surface area contributed by atoms with Crippen LogP contribution in [-0.2, 0) is 4.74 Å². The van der Waals surface area contributed by atoms with Crippen molar-refractivity contribution in [2.75, 3.05) is 23.3 Å². The Morgan fingerprint density at radius 1 is 1.19 bits per heavy atom. The fourth-order valence-electron chi connectivity index (χ4n) is 3.42. The molecular formula is C20H22N4O3. The Labute approximate surface area is 157 Å². The topological polar surface area (TPSA) is 80.5 Å². The van der Waals surface area contributed by atoms with Gasteiger partial charge in [0.2, 0.25) is 0 Å². The van der Waals surface area contributed by atoms with E-state index in [4.69, 9.17) is 9.26 Å². The number of aromatic nitrogens is 2. The third-order valence-corrected chi connectivity index (χ3v) is 4.68. The average molecular weight is 366 g/mol. The fraction of sp³-hybridized carbons (Fsp3) is 0.350. The predicted octanol–water partition coefficient (Wildman–Crippen LogP) is 3.40. The molecule has 2 atom stereocenters. The minimum atomic E-state index is -0.216. The number of nitrogens with one attached hydrogen (secondary N) is 1. The number of carbonyl (C=O) groups excluding carboxylic acids is 1. The van der Waals surface area contributed by atoms with E-state index in [0.717, 1.165) is 29.9 Å². The van der Waals surface area contributed by atoms with E-state index < -0.39 is 0 Å². The highest BCUT2D eigenvalue weighted by Gasteiger charge is 2.22. The molecule has 1 amide bonds. The van der Waals surface area contributed by atoms with Crippen molar-refractivity contribution in [1.29, 1.82) is 0 Å². The molecule has 0 saturated carbocycles. The lowest BCUT2D eigenvalue weighted by molar-refractivity contribution is -0.00521. The summed E-state index contributed by atoms with van der Waals surface area (Å²) in [5.41, 5.74) is 3.47. The molecule has 1 aliphatic rings. The first kappa shape index (κ1) is 17.5. The van der Waals surface area contributed by atoms with Crippen molar-refractivity contribution >= 4 is 28.4 Å². The molecule has 0 radical (unpaired) electrons. The molecule has 0 bridgehead atoms. The molecule has 3 aromatic rings. The second-order valence-electron chi connectivity index (χ2n) is 7.01. The van der Waals surface area contributed by atoms with Crippen LogP contribution in [0.1, 0.15) is 29.9 Å². The number of carbonyl (C=O) groups is 1. The summed E-state index contributed by atoms with van der Waals surface area (Å²) in [5, 5.41) is 7.52. The van der Waals surface area contributed by atoms with Crippen LogP contribution >= 0.6 is 0 Å². The monoisotopic (exact) mass is 366 g/mol. The second kappa shape index (κ2) is 7.00. The maximum absolute atomic E-state index is 12.5. The van der Waals surface area contributed by atoms with Gasteiger partial charge in [-0.25, -0.2) is 4.98 Å². The predicted molar refractivity (Wildman–Crippen MR) is 103 cm³/mol. The molecule has 1 saturated heterocycles. The van der Waals surface area contributed by atoms with Crippen LogP contribution in [-0.4, -0.2) is 41.3 Å². The molecule has 1 N–H and O–H groups in total. The van der Waals surface area contributed by atoms with Crippen molar-refractivity contribution < 1.29 is 14.1 Å². The van der Waals surface area contributed by atoms with Crippen LogP contribution in [0.2, 0.25) is 0 Å². The Morgan fingerprint density at radius 3 is 2.59 bits per heavy atom. The van der Waals surface area contributed by atoms with Gasteiger partial charge >= 0.3 is 0 Å². The highest BCUT2D eigenvalue weighted by atomic mass is 16.5. The highest BCUT2D eigenvalue weighted by molar-refractivity contribution is 6.05. The van der Waals surface area contributed by atoms with Crippen LogP contribution in [0.15, 0.2) is 41.1 Å². The first-order valence-electron chi connectivity index (χ1n) is 9.03. The van der Waals surface area contributed by atoms with Gasteiger partial charge in [0.15, 0.2) is 0 Å². The van der Waals surface area contributed by atoms with Gasteiger partial charge in [0, 0.05) is 30.7 Å². The van der Waals surface area contributed by atoms with Gasteiger partial charge in [-0.05, 0) is 51.1 Å². The maximum Gasteiger partial charge on any atom is 0.257 e. The van der Waals surface area contributed by atoms with Crippen LogP contribution < -0.4 is 10.2 Å². The lowest BCUT2D eigenvalue weighted by atomic mass is 10.1. The van der Waals surface area contributed by atoms with Crippen LogP contribution in [0.4, 0.5) is 11.4 Å². The number of anilines is 2. The van der Waals surface area contributed by atoms with Gasteiger partial charge in [-0.2, -0.15) is 0 Å². The molecule has 7 nitrogen and oxygen atoms in total. The number of aryl methyl sites for hydroxylation is 1. The molecule has 0 spiro atoms. The van der Waals surface area contributed by atoms with E-state index in [1.807, 2.05) is 31.2 Å². The van der Waals surface area contributed by atoms with Crippen LogP contribution in [0, 0.1) is 6.92 Å². The standard InChI is InChI=1S/C20H22N4O3/c1-12-10-24(11-13(2)26-12)17-6-4-16(5-7-17)22-19(25)15-8-18-14(3)23-27-20(18)21-9-15/h4-9,12-13H,10-11H2,1-3H3,(H,22,25). The smallest absolute Gasteiger partial charge is 0.257 e. The third-order valence-electron chi connectivity index (χ3n) is 4.68. The minimum absolute atomic E-state index is 0.205. The van der Waals surface area contributed by atoms with Gasteiger partial charge in [-0.15, -0.1) is 0 Å². The van der Waals surface area contributed by atoms with Gasteiger partial charge in [0.05, 0.1) is 28.9 Å². The summed E-state index contributed by atoms with van der Waals surface area (Å²) in [6.45, 7) is 7.71. The van der Waals surface area contributed by atoms with Gasteiger partial charge < -0.3 is 19.5 Å². The van der Waals surface area contributed by atoms with Crippen molar-refractivity contribution in [2.45, 2.75) is 33.0 Å². The number of morpholine rings is 1. The van der Waals surface area contributed by atoms with Gasteiger partial charge in [-0.1, -0.05) is 5.16 Å². The molecular weight excluding hydrogens is 344 g/mol. The molecule has 1 aromatic carbocycles. The quantitative estimate of drug-likeness (QED) is 0.765. The number of nitrogens with zero attached hydrogens (tertiary/aromatic N) is 3. The van der Waals surface area contributed by atoms with E-state index in [9.17, 15) is 4.79 Å². The van der Waals surface area contributed by atoms with Gasteiger partial charge in [0.1, 0.15) is 0 Å². The number of fused-ring (bicyclic) bond motifs is 1. The summed E-state index contributed by atoms with van der Waals surface area (Å²) in [7, 11) is 0. The van der Waals surface area contributed by atoms with Gasteiger partial charge in [-0.3, -0.25) is 4.79 Å². The third kappa shape index (κ3) is 3.64. The molecule has 1 fully saturated rings. The van der Waals surface area contributed by atoms with Crippen LogP contribution in [0.5, 0.6) is 0 Å². The second-order valence-corrected chi connectivity index (χ2v) is 7.01. The van der Waals surface area contributed by atoms with Gasteiger partial charge in [0.25, 0.3) is 11.6 Å². The Balaban J connectivity index is 1.47. The number of amides is 1. The molecule has 4 rings (SSSR count). The number of benzene rings is 1. The zero-order chi connectivity index (χ0) is 19.0. The number of rotatable bonds is 3. The van der Waals surface area contributed by atoms with E-state index in [2.05, 4.69) is 34.2 Å².